The summed E-state index contributed by atoms with van der Waals surface area (Å²) in [6.07, 6.45) is -1.98. The van der Waals surface area contributed by atoms with Crippen molar-refractivity contribution in [1.82, 2.24) is 0 Å². The Morgan fingerprint density at radius 2 is 1.51 bits per heavy atom. The molecule has 178 valence electrons. The third-order valence-corrected chi connectivity index (χ3v) is 6.64. The summed E-state index contributed by atoms with van der Waals surface area (Å²) in [5, 5.41) is 23.8. The number of fused-ring (bicyclic) bond motifs is 2. The van der Waals surface area contributed by atoms with Gasteiger partial charge in [0.1, 0.15) is 12.4 Å². The SMILES string of the molecule is COc1ccc2cc(C(C)C(=O)OCc3ccccc3N3C(O)c4ccccc4C3O)ccc2c1. The topological polar surface area (TPSA) is 79.2 Å². The molecule has 6 heteroatoms. The van der Waals surface area contributed by atoms with Crippen molar-refractivity contribution in [3.8, 4) is 5.75 Å². The Labute approximate surface area is 204 Å². The summed E-state index contributed by atoms with van der Waals surface area (Å²) in [6.45, 7) is 1.85. The molecule has 0 radical (unpaired) electrons. The van der Waals surface area contributed by atoms with Gasteiger partial charge in [-0.15, -0.1) is 0 Å². The molecule has 3 unspecified atom stereocenters. The van der Waals surface area contributed by atoms with E-state index in [1.54, 1.807) is 19.2 Å². The molecule has 1 aliphatic heterocycles. The second-order valence-corrected chi connectivity index (χ2v) is 8.71. The number of rotatable bonds is 6. The molecule has 0 saturated heterocycles. The lowest BCUT2D eigenvalue weighted by Gasteiger charge is -2.29. The summed E-state index contributed by atoms with van der Waals surface area (Å²) < 4.78 is 11.0. The van der Waals surface area contributed by atoms with Gasteiger partial charge in [0.05, 0.1) is 13.0 Å². The van der Waals surface area contributed by atoms with Crippen molar-refractivity contribution < 1.29 is 24.5 Å². The zero-order chi connectivity index (χ0) is 24.5. The fourth-order valence-electron chi connectivity index (χ4n) is 4.61. The summed E-state index contributed by atoms with van der Waals surface area (Å²) in [5.74, 6) is -0.0212. The van der Waals surface area contributed by atoms with Gasteiger partial charge in [-0.25, -0.2) is 0 Å². The number of aliphatic hydroxyl groups is 2. The fraction of sp³-hybridized carbons (Fsp3) is 0.207. The summed E-state index contributed by atoms with van der Waals surface area (Å²) in [7, 11) is 1.63. The smallest absolute Gasteiger partial charge is 0.313 e. The maximum atomic E-state index is 12.9. The van der Waals surface area contributed by atoms with Crippen molar-refractivity contribution in [2.75, 3.05) is 12.0 Å². The highest BCUT2D eigenvalue weighted by atomic mass is 16.5. The molecule has 4 aromatic carbocycles. The van der Waals surface area contributed by atoms with Crippen molar-refractivity contribution in [2.24, 2.45) is 0 Å². The molecular weight excluding hydrogens is 442 g/mol. The highest BCUT2D eigenvalue weighted by Crippen LogP contribution is 2.43. The van der Waals surface area contributed by atoms with E-state index in [0.717, 1.165) is 22.1 Å². The van der Waals surface area contributed by atoms with Gasteiger partial charge in [0, 0.05) is 22.4 Å². The van der Waals surface area contributed by atoms with Crippen LogP contribution in [0, 0.1) is 0 Å². The highest BCUT2D eigenvalue weighted by molar-refractivity contribution is 5.86. The lowest BCUT2D eigenvalue weighted by atomic mass is 9.98. The number of esters is 1. The number of methoxy groups -OCH3 is 1. The minimum atomic E-state index is -0.992. The van der Waals surface area contributed by atoms with Crippen LogP contribution in [0.5, 0.6) is 5.75 Å². The highest BCUT2D eigenvalue weighted by Gasteiger charge is 2.37. The zero-order valence-corrected chi connectivity index (χ0v) is 19.6. The average molecular weight is 470 g/mol. The fourth-order valence-corrected chi connectivity index (χ4v) is 4.61. The molecule has 6 nitrogen and oxygen atoms in total. The second-order valence-electron chi connectivity index (χ2n) is 8.71. The van der Waals surface area contributed by atoms with E-state index in [4.69, 9.17) is 9.47 Å². The Kier molecular flexibility index (Phi) is 6.16. The van der Waals surface area contributed by atoms with E-state index >= 15 is 0 Å². The number of hydrogen-bond acceptors (Lipinski definition) is 6. The monoisotopic (exact) mass is 469 g/mol. The first kappa shape index (κ1) is 22.9. The molecule has 0 aromatic heterocycles. The molecule has 4 aromatic rings. The first-order valence-corrected chi connectivity index (χ1v) is 11.5. The minimum absolute atomic E-state index is 0.0242. The van der Waals surface area contributed by atoms with E-state index in [2.05, 4.69) is 0 Å². The van der Waals surface area contributed by atoms with Crippen LogP contribution in [0.3, 0.4) is 0 Å². The Bertz CT molecular complexity index is 1360. The van der Waals surface area contributed by atoms with Crippen LogP contribution in [0.15, 0.2) is 84.9 Å². The summed E-state index contributed by atoms with van der Waals surface area (Å²) in [5.41, 5.74) is 3.50. The first-order valence-electron chi connectivity index (χ1n) is 11.5. The van der Waals surface area contributed by atoms with E-state index in [1.165, 1.54) is 4.90 Å². The molecule has 0 aliphatic carbocycles. The van der Waals surface area contributed by atoms with Crippen LogP contribution in [-0.4, -0.2) is 23.3 Å². The van der Waals surface area contributed by atoms with Crippen molar-refractivity contribution in [3.63, 3.8) is 0 Å². The largest absolute Gasteiger partial charge is 0.497 e. The van der Waals surface area contributed by atoms with Crippen LogP contribution in [0.25, 0.3) is 10.8 Å². The third kappa shape index (κ3) is 4.22. The molecule has 0 fully saturated rings. The predicted octanol–water partition coefficient (Wildman–Crippen LogP) is 5.20. The molecule has 35 heavy (non-hydrogen) atoms. The van der Waals surface area contributed by atoms with Crippen molar-refractivity contribution in [1.29, 1.82) is 0 Å². The number of nitrogens with zero attached hydrogens (tertiary/aromatic N) is 1. The molecule has 5 rings (SSSR count). The van der Waals surface area contributed by atoms with Gasteiger partial charge >= 0.3 is 5.97 Å². The van der Waals surface area contributed by atoms with Gasteiger partial charge < -0.3 is 24.6 Å². The molecule has 3 atom stereocenters. The van der Waals surface area contributed by atoms with Crippen molar-refractivity contribution >= 4 is 22.4 Å². The van der Waals surface area contributed by atoms with E-state index in [9.17, 15) is 15.0 Å². The molecule has 1 aliphatic rings. The average Bonchev–Trinajstić information content (AvgIpc) is 3.16. The first-order chi connectivity index (χ1) is 17.0. The van der Waals surface area contributed by atoms with Crippen LogP contribution in [0.4, 0.5) is 5.69 Å². The van der Waals surface area contributed by atoms with Crippen molar-refractivity contribution in [2.45, 2.75) is 31.9 Å². The lowest BCUT2D eigenvalue weighted by molar-refractivity contribution is -0.146. The van der Waals surface area contributed by atoms with Crippen LogP contribution in [0.2, 0.25) is 0 Å². The molecule has 1 heterocycles. The van der Waals surface area contributed by atoms with Crippen LogP contribution in [0.1, 0.15) is 47.6 Å². The maximum absolute atomic E-state index is 12.9. The van der Waals surface area contributed by atoms with Gasteiger partial charge in [-0.2, -0.15) is 0 Å². The number of aliphatic hydroxyl groups excluding tert-OH is 2. The normalized spacial score (nSPS) is 17.8. The van der Waals surface area contributed by atoms with Crippen LogP contribution in [-0.2, 0) is 16.1 Å². The van der Waals surface area contributed by atoms with E-state index in [1.807, 2.05) is 79.7 Å². The Morgan fingerprint density at radius 3 is 2.23 bits per heavy atom. The number of carbonyl (C=O) groups is 1. The second kappa shape index (κ2) is 9.41. The quantitative estimate of drug-likeness (QED) is 0.378. The Hall–Kier alpha value is -3.87. The number of hydrogen-bond donors (Lipinski definition) is 2. The van der Waals surface area contributed by atoms with Gasteiger partial charge in [0.25, 0.3) is 0 Å². The lowest BCUT2D eigenvalue weighted by Crippen LogP contribution is -2.27. The number of ether oxygens (including phenoxy) is 2. The minimum Gasteiger partial charge on any atom is -0.497 e. The van der Waals surface area contributed by atoms with Gasteiger partial charge in [0.2, 0.25) is 0 Å². The van der Waals surface area contributed by atoms with E-state index < -0.39 is 18.4 Å². The van der Waals surface area contributed by atoms with Gasteiger partial charge in [-0.05, 0) is 41.5 Å². The van der Waals surface area contributed by atoms with E-state index in [-0.39, 0.29) is 12.6 Å². The standard InChI is InChI=1S/C29H27NO5/c1-18(19-11-12-21-16-23(34-2)14-13-20(21)15-19)29(33)35-17-22-7-3-6-10-26(22)30-27(31)24-8-4-5-9-25(24)28(30)32/h3-16,18,27-28,31-32H,17H2,1-2H3. The maximum Gasteiger partial charge on any atom is 0.313 e. The molecule has 0 saturated carbocycles. The van der Waals surface area contributed by atoms with Gasteiger partial charge in [0.15, 0.2) is 12.5 Å². The number of carbonyl (C=O) groups excluding carboxylic acids is 1. The number of para-hydroxylation sites is 1. The summed E-state index contributed by atoms with van der Waals surface area (Å²) >= 11 is 0. The molecule has 2 N–H and O–H groups in total. The molecule has 0 amide bonds. The van der Waals surface area contributed by atoms with E-state index in [0.29, 0.717) is 22.4 Å². The van der Waals surface area contributed by atoms with Crippen LogP contribution < -0.4 is 9.64 Å². The zero-order valence-electron chi connectivity index (χ0n) is 19.6. The van der Waals surface area contributed by atoms with Gasteiger partial charge in [-0.1, -0.05) is 66.7 Å². The molecule has 0 spiro atoms. The van der Waals surface area contributed by atoms with Gasteiger partial charge in [-0.3, -0.25) is 4.79 Å². The Morgan fingerprint density at radius 1 is 0.886 bits per heavy atom. The summed E-state index contributed by atoms with van der Waals surface area (Å²) in [4.78, 5) is 14.5. The Balaban J connectivity index is 1.33. The number of anilines is 1. The predicted molar refractivity (Wildman–Crippen MR) is 134 cm³/mol. The summed E-state index contributed by atoms with van der Waals surface area (Å²) in [6, 6.07) is 26.3. The molecule has 0 bridgehead atoms. The molecular formula is C29H27NO5. The third-order valence-electron chi connectivity index (χ3n) is 6.64. The van der Waals surface area contributed by atoms with Crippen molar-refractivity contribution in [3.05, 3.63) is 107 Å². The number of benzene rings is 4. The van der Waals surface area contributed by atoms with Crippen LogP contribution >= 0.6 is 0 Å².